The third kappa shape index (κ3) is 5.86. The number of hydrogen-bond acceptors (Lipinski definition) is 4. The molecule has 0 aliphatic heterocycles. The van der Waals surface area contributed by atoms with Gasteiger partial charge in [-0.2, -0.15) is 0 Å². The van der Waals surface area contributed by atoms with Gasteiger partial charge in [-0.3, -0.25) is 4.79 Å². The predicted octanol–water partition coefficient (Wildman–Crippen LogP) is 4.12. The minimum Gasteiger partial charge on any atom is -0.497 e. The first-order valence-corrected chi connectivity index (χ1v) is 9.84. The lowest BCUT2D eigenvalue weighted by Crippen LogP contribution is -2.37. The minimum atomic E-state index is 0.0262. The molecule has 0 aliphatic carbocycles. The zero-order valence-electron chi connectivity index (χ0n) is 15.4. The van der Waals surface area contributed by atoms with E-state index in [1.54, 1.807) is 18.4 Å². The normalized spacial score (nSPS) is 10.4. The molecule has 1 amide bonds. The van der Waals surface area contributed by atoms with E-state index >= 15 is 0 Å². The number of thiophene rings is 1. The molecule has 0 saturated carbocycles. The second kappa shape index (κ2) is 9.78. The summed E-state index contributed by atoms with van der Waals surface area (Å²) in [6, 6.07) is 22.1. The number of carbonyl (C=O) groups excluding carboxylic acids is 1. The summed E-state index contributed by atoms with van der Waals surface area (Å²) >= 11 is 1.72. The first-order valence-electron chi connectivity index (χ1n) is 8.96. The molecule has 5 heteroatoms. The standard InChI is InChI=1S/C22H24N2O2S/c1-26-20-11-9-19(10-12-20)24(16-18-6-3-2-4-7-18)17-22(25)23-14-13-21-8-5-15-27-21/h2-12,15H,13-14,16-17H2,1H3,(H,23,25). The van der Waals surface area contributed by atoms with Gasteiger partial charge in [0.05, 0.1) is 13.7 Å². The lowest BCUT2D eigenvalue weighted by Gasteiger charge is -2.24. The molecular weight excluding hydrogens is 356 g/mol. The highest BCUT2D eigenvalue weighted by Gasteiger charge is 2.12. The average Bonchev–Trinajstić information content (AvgIpc) is 3.22. The number of amides is 1. The fourth-order valence-electron chi connectivity index (χ4n) is 2.84. The molecule has 140 valence electrons. The van der Waals surface area contributed by atoms with Crippen molar-refractivity contribution in [1.29, 1.82) is 0 Å². The van der Waals surface area contributed by atoms with Crippen molar-refractivity contribution in [1.82, 2.24) is 5.32 Å². The second-order valence-corrected chi connectivity index (χ2v) is 7.25. The summed E-state index contributed by atoms with van der Waals surface area (Å²) in [5.74, 6) is 0.831. The van der Waals surface area contributed by atoms with E-state index in [4.69, 9.17) is 4.74 Å². The number of anilines is 1. The lowest BCUT2D eigenvalue weighted by molar-refractivity contribution is -0.119. The zero-order valence-corrected chi connectivity index (χ0v) is 16.2. The van der Waals surface area contributed by atoms with E-state index in [0.29, 0.717) is 19.6 Å². The van der Waals surface area contributed by atoms with Crippen LogP contribution in [0.5, 0.6) is 5.75 Å². The maximum atomic E-state index is 12.5. The zero-order chi connectivity index (χ0) is 18.9. The van der Waals surface area contributed by atoms with Gasteiger partial charge in [-0.15, -0.1) is 11.3 Å². The topological polar surface area (TPSA) is 41.6 Å². The van der Waals surface area contributed by atoms with Crippen molar-refractivity contribution in [2.75, 3.05) is 25.1 Å². The Bertz CT molecular complexity index is 817. The molecule has 2 aromatic carbocycles. The highest BCUT2D eigenvalue weighted by molar-refractivity contribution is 7.09. The molecule has 0 spiro atoms. The molecule has 0 aliphatic rings. The number of nitrogens with zero attached hydrogens (tertiary/aromatic N) is 1. The monoisotopic (exact) mass is 380 g/mol. The molecule has 0 radical (unpaired) electrons. The molecule has 0 saturated heterocycles. The van der Waals surface area contributed by atoms with E-state index < -0.39 is 0 Å². The van der Waals surface area contributed by atoms with Crippen LogP contribution < -0.4 is 15.0 Å². The van der Waals surface area contributed by atoms with Gasteiger partial charge in [0, 0.05) is 23.7 Å². The Hall–Kier alpha value is -2.79. The lowest BCUT2D eigenvalue weighted by atomic mass is 10.2. The molecule has 1 heterocycles. The van der Waals surface area contributed by atoms with Crippen molar-refractivity contribution >= 4 is 22.9 Å². The van der Waals surface area contributed by atoms with Gasteiger partial charge < -0.3 is 15.0 Å². The molecule has 1 N–H and O–H groups in total. The van der Waals surface area contributed by atoms with Gasteiger partial charge >= 0.3 is 0 Å². The molecule has 0 atom stereocenters. The van der Waals surface area contributed by atoms with Crippen LogP contribution in [-0.4, -0.2) is 26.1 Å². The third-order valence-corrected chi connectivity index (χ3v) is 5.20. The molecule has 3 rings (SSSR count). The average molecular weight is 381 g/mol. The third-order valence-electron chi connectivity index (χ3n) is 4.26. The fourth-order valence-corrected chi connectivity index (χ4v) is 3.55. The fraction of sp³-hybridized carbons (Fsp3) is 0.227. The van der Waals surface area contributed by atoms with Crippen LogP contribution in [0, 0.1) is 0 Å². The van der Waals surface area contributed by atoms with Gasteiger partial charge in [0.25, 0.3) is 0 Å². The van der Waals surface area contributed by atoms with Gasteiger partial charge in [-0.1, -0.05) is 36.4 Å². The quantitative estimate of drug-likeness (QED) is 0.607. The molecule has 1 aromatic heterocycles. The SMILES string of the molecule is COc1ccc(N(CC(=O)NCCc2cccs2)Cc2ccccc2)cc1. The predicted molar refractivity (Wildman–Crippen MR) is 112 cm³/mol. The number of nitrogens with one attached hydrogen (secondary N) is 1. The summed E-state index contributed by atoms with van der Waals surface area (Å²) in [6.45, 7) is 1.64. The molecule has 0 bridgehead atoms. The van der Waals surface area contributed by atoms with Crippen molar-refractivity contribution in [3.63, 3.8) is 0 Å². The van der Waals surface area contributed by atoms with Gasteiger partial charge in [0.1, 0.15) is 5.75 Å². The van der Waals surface area contributed by atoms with Crippen LogP contribution >= 0.6 is 11.3 Å². The van der Waals surface area contributed by atoms with Crippen molar-refractivity contribution in [3.8, 4) is 5.75 Å². The summed E-state index contributed by atoms with van der Waals surface area (Å²) in [5, 5.41) is 5.09. The van der Waals surface area contributed by atoms with Crippen LogP contribution in [0.25, 0.3) is 0 Å². The number of carbonyl (C=O) groups is 1. The van der Waals surface area contributed by atoms with Crippen LogP contribution in [0.2, 0.25) is 0 Å². The second-order valence-electron chi connectivity index (χ2n) is 6.22. The van der Waals surface area contributed by atoms with Crippen LogP contribution in [0.1, 0.15) is 10.4 Å². The molecule has 4 nitrogen and oxygen atoms in total. The number of benzene rings is 2. The highest BCUT2D eigenvalue weighted by Crippen LogP contribution is 2.21. The van der Waals surface area contributed by atoms with Crippen LogP contribution in [0.4, 0.5) is 5.69 Å². The summed E-state index contributed by atoms with van der Waals surface area (Å²) in [6.07, 6.45) is 0.866. The van der Waals surface area contributed by atoms with E-state index in [1.807, 2.05) is 48.5 Å². The molecular formula is C22H24N2O2S. The minimum absolute atomic E-state index is 0.0262. The van der Waals surface area contributed by atoms with Crippen molar-refractivity contribution in [3.05, 3.63) is 82.6 Å². The van der Waals surface area contributed by atoms with E-state index in [9.17, 15) is 4.79 Å². The van der Waals surface area contributed by atoms with E-state index in [-0.39, 0.29) is 5.91 Å². The Morgan fingerprint density at radius 3 is 2.48 bits per heavy atom. The molecule has 27 heavy (non-hydrogen) atoms. The molecule has 0 unspecified atom stereocenters. The summed E-state index contributed by atoms with van der Waals surface area (Å²) < 4.78 is 5.24. The number of ether oxygens (including phenoxy) is 1. The van der Waals surface area contributed by atoms with Gasteiger partial charge in [-0.05, 0) is 47.7 Å². The number of rotatable bonds is 9. The van der Waals surface area contributed by atoms with E-state index in [0.717, 1.165) is 17.9 Å². The Balaban J connectivity index is 1.63. The number of methoxy groups -OCH3 is 1. The van der Waals surface area contributed by atoms with Crippen molar-refractivity contribution < 1.29 is 9.53 Å². The first-order chi connectivity index (χ1) is 13.2. The van der Waals surface area contributed by atoms with Crippen LogP contribution in [0.3, 0.4) is 0 Å². The summed E-state index contributed by atoms with van der Waals surface area (Å²) in [7, 11) is 1.65. The largest absolute Gasteiger partial charge is 0.497 e. The maximum Gasteiger partial charge on any atom is 0.239 e. The number of hydrogen-bond donors (Lipinski definition) is 1. The molecule has 3 aromatic rings. The molecule has 0 fully saturated rings. The Labute approximate surface area is 164 Å². The van der Waals surface area contributed by atoms with Crippen molar-refractivity contribution in [2.45, 2.75) is 13.0 Å². The van der Waals surface area contributed by atoms with Gasteiger partial charge in [0.15, 0.2) is 0 Å². The van der Waals surface area contributed by atoms with E-state index in [2.05, 4.69) is 33.8 Å². The smallest absolute Gasteiger partial charge is 0.239 e. The summed E-state index contributed by atoms with van der Waals surface area (Å²) in [5.41, 5.74) is 2.16. The van der Waals surface area contributed by atoms with Gasteiger partial charge in [-0.25, -0.2) is 0 Å². The van der Waals surface area contributed by atoms with Crippen LogP contribution in [0.15, 0.2) is 72.1 Å². The van der Waals surface area contributed by atoms with Crippen LogP contribution in [-0.2, 0) is 17.8 Å². The van der Waals surface area contributed by atoms with Gasteiger partial charge in [0.2, 0.25) is 5.91 Å². The Kier molecular flexibility index (Phi) is 6.88. The van der Waals surface area contributed by atoms with E-state index in [1.165, 1.54) is 10.4 Å². The Morgan fingerprint density at radius 2 is 1.81 bits per heavy atom. The maximum absolute atomic E-state index is 12.5. The highest BCUT2D eigenvalue weighted by atomic mass is 32.1. The van der Waals surface area contributed by atoms with Crippen molar-refractivity contribution in [2.24, 2.45) is 0 Å². The first kappa shape index (κ1) is 19.0. The Morgan fingerprint density at radius 1 is 1.04 bits per heavy atom. The summed E-state index contributed by atoms with van der Waals surface area (Å²) in [4.78, 5) is 15.9.